The molecule has 2 aliphatic rings. The summed E-state index contributed by atoms with van der Waals surface area (Å²) in [7, 11) is 0. The van der Waals surface area contributed by atoms with Crippen molar-refractivity contribution in [1.29, 1.82) is 0 Å². The number of carbonyl (C=O) groups is 1. The molecule has 0 aliphatic carbocycles. The fourth-order valence-corrected chi connectivity index (χ4v) is 3.20. The lowest BCUT2D eigenvalue weighted by atomic mass is 9.93. The number of piperazine rings is 1. The topological polar surface area (TPSA) is 61.5 Å². The number of nitrogens with one attached hydrogen (secondary N) is 1. The molecule has 6 nitrogen and oxygen atoms in total. The molecule has 0 bridgehead atoms. The summed E-state index contributed by atoms with van der Waals surface area (Å²) in [5, 5.41) is 7.26. The maximum Gasteiger partial charge on any atom is 0.228 e. The molecule has 1 amide bonds. The highest BCUT2D eigenvalue weighted by atomic mass is 16.5. The van der Waals surface area contributed by atoms with Gasteiger partial charge in [0.05, 0.1) is 12.0 Å². The van der Waals surface area contributed by atoms with Crippen molar-refractivity contribution in [2.45, 2.75) is 32.8 Å². The van der Waals surface area contributed by atoms with Crippen LogP contribution in [0.3, 0.4) is 0 Å². The smallest absolute Gasteiger partial charge is 0.228 e. The van der Waals surface area contributed by atoms with E-state index in [2.05, 4.69) is 21.2 Å². The molecule has 2 fully saturated rings. The number of aryl methyl sites for hydroxylation is 1. The highest BCUT2D eigenvalue weighted by Crippen LogP contribution is 2.24. The van der Waals surface area contributed by atoms with Crippen LogP contribution in [0.1, 0.15) is 25.5 Å². The number of hydrogen-bond acceptors (Lipinski definition) is 4. The molecule has 21 heavy (non-hydrogen) atoms. The van der Waals surface area contributed by atoms with Crippen LogP contribution in [0.5, 0.6) is 0 Å². The number of H-pyrrole nitrogens is 1. The normalized spacial score (nSPS) is 27.0. The van der Waals surface area contributed by atoms with E-state index in [9.17, 15) is 4.79 Å². The molecule has 2 aliphatic heterocycles. The lowest BCUT2D eigenvalue weighted by Crippen LogP contribution is -2.52. The van der Waals surface area contributed by atoms with Crippen LogP contribution in [-0.4, -0.2) is 59.9 Å². The SMILES string of the molecule is Cc1cc(N2CCN(C(=O)[C@H]3CCCO[C@@H]3C)CC2)n[nH]1. The number of aromatic nitrogens is 2. The molecule has 3 rings (SSSR count). The Morgan fingerprint density at radius 1 is 1.38 bits per heavy atom. The van der Waals surface area contributed by atoms with Crippen molar-refractivity contribution in [3.8, 4) is 0 Å². The third-order valence-corrected chi connectivity index (χ3v) is 4.53. The van der Waals surface area contributed by atoms with Gasteiger partial charge in [-0.25, -0.2) is 0 Å². The van der Waals surface area contributed by atoms with Gasteiger partial charge in [0.25, 0.3) is 0 Å². The van der Waals surface area contributed by atoms with Gasteiger partial charge in [0.1, 0.15) is 0 Å². The molecule has 1 N–H and O–H groups in total. The molecule has 0 unspecified atom stereocenters. The minimum atomic E-state index is 0.0397. The number of aromatic amines is 1. The number of amides is 1. The summed E-state index contributed by atoms with van der Waals surface area (Å²) in [5.41, 5.74) is 1.07. The Labute approximate surface area is 125 Å². The average Bonchev–Trinajstić information content (AvgIpc) is 2.94. The fourth-order valence-electron chi connectivity index (χ4n) is 3.20. The second-order valence-corrected chi connectivity index (χ2v) is 6.05. The van der Waals surface area contributed by atoms with E-state index < -0.39 is 0 Å². The molecule has 0 saturated carbocycles. The Kier molecular flexibility index (Phi) is 4.14. The van der Waals surface area contributed by atoms with E-state index in [-0.39, 0.29) is 17.9 Å². The Bertz CT molecular complexity index is 494. The van der Waals surface area contributed by atoms with Crippen LogP contribution in [0, 0.1) is 12.8 Å². The highest BCUT2D eigenvalue weighted by molar-refractivity contribution is 5.79. The standard InChI is InChI=1S/C15H24N4O2/c1-11-10-14(17-16-11)18-5-7-19(8-6-18)15(20)13-4-3-9-21-12(13)2/h10,12-13H,3-9H2,1-2H3,(H,16,17)/t12-,13+/m1/s1. The van der Waals surface area contributed by atoms with Gasteiger partial charge in [0.15, 0.2) is 5.82 Å². The summed E-state index contributed by atoms with van der Waals surface area (Å²) in [6, 6.07) is 2.05. The van der Waals surface area contributed by atoms with Crippen LogP contribution in [0.25, 0.3) is 0 Å². The first kappa shape index (κ1) is 14.4. The van der Waals surface area contributed by atoms with Crippen molar-refractivity contribution in [2.75, 3.05) is 37.7 Å². The summed E-state index contributed by atoms with van der Waals surface area (Å²) >= 11 is 0. The number of ether oxygens (including phenoxy) is 1. The van der Waals surface area contributed by atoms with Gasteiger partial charge in [0, 0.05) is 44.5 Å². The minimum absolute atomic E-state index is 0.0397. The quantitative estimate of drug-likeness (QED) is 0.889. The maximum absolute atomic E-state index is 12.6. The Morgan fingerprint density at radius 3 is 2.76 bits per heavy atom. The summed E-state index contributed by atoms with van der Waals surface area (Å²) in [4.78, 5) is 16.8. The van der Waals surface area contributed by atoms with E-state index in [1.54, 1.807) is 0 Å². The second kappa shape index (κ2) is 6.05. The number of rotatable bonds is 2. The van der Waals surface area contributed by atoms with Gasteiger partial charge in [-0.15, -0.1) is 0 Å². The molecule has 1 aromatic rings. The highest BCUT2D eigenvalue weighted by Gasteiger charge is 2.33. The Morgan fingerprint density at radius 2 is 2.14 bits per heavy atom. The van der Waals surface area contributed by atoms with Crippen LogP contribution < -0.4 is 4.90 Å². The number of anilines is 1. The van der Waals surface area contributed by atoms with Crippen LogP contribution in [-0.2, 0) is 9.53 Å². The van der Waals surface area contributed by atoms with E-state index in [1.165, 1.54) is 0 Å². The predicted octanol–water partition coefficient (Wildman–Crippen LogP) is 1.18. The van der Waals surface area contributed by atoms with Crippen molar-refractivity contribution in [1.82, 2.24) is 15.1 Å². The lowest BCUT2D eigenvalue weighted by Gasteiger charge is -2.38. The monoisotopic (exact) mass is 292 g/mol. The number of hydrogen-bond donors (Lipinski definition) is 1. The first-order chi connectivity index (χ1) is 10.1. The van der Waals surface area contributed by atoms with E-state index in [0.717, 1.165) is 57.1 Å². The summed E-state index contributed by atoms with van der Waals surface area (Å²) in [6.45, 7) is 8.04. The third kappa shape index (κ3) is 3.05. The number of nitrogens with zero attached hydrogens (tertiary/aromatic N) is 3. The van der Waals surface area contributed by atoms with Gasteiger partial charge in [-0.2, -0.15) is 5.10 Å². The maximum atomic E-state index is 12.6. The molecule has 1 aromatic heterocycles. The molecular weight excluding hydrogens is 268 g/mol. The van der Waals surface area contributed by atoms with Gasteiger partial charge in [-0.05, 0) is 26.7 Å². The van der Waals surface area contributed by atoms with E-state index >= 15 is 0 Å². The second-order valence-electron chi connectivity index (χ2n) is 6.05. The van der Waals surface area contributed by atoms with Crippen molar-refractivity contribution in [3.05, 3.63) is 11.8 Å². The Hall–Kier alpha value is -1.56. The first-order valence-electron chi connectivity index (χ1n) is 7.82. The Balaban J connectivity index is 1.56. The van der Waals surface area contributed by atoms with Gasteiger partial charge >= 0.3 is 0 Å². The summed E-state index contributed by atoms with van der Waals surface area (Å²) < 4.78 is 5.62. The van der Waals surface area contributed by atoms with Gasteiger partial charge in [-0.3, -0.25) is 9.89 Å². The molecule has 116 valence electrons. The van der Waals surface area contributed by atoms with Crippen LogP contribution in [0.2, 0.25) is 0 Å². The third-order valence-electron chi connectivity index (χ3n) is 4.53. The summed E-state index contributed by atoms with van der Waals surface area (Å²) in [5.74, 6) is 1.28. The molecule has 2 atom stereocenters. The molecule has 2 saturated heterocycles. The minimum Gasteiger partial charge on any atom is -0.378 e. The average molecular weight is 292 g/mol. The molecule has 0 spiro atoms. The van der Waals surface area contributed by atoms with Crippen molar-refractivity contribution in [3.63, 3.8) is 0 Å². The molecule has 3 heterocycles. The zero-order chi connectivity index (χ0) is 14.8. The molecule has 6 heteroatoms. The molecular formula is C15H24N4O2. The summed E-state index contributed by atoms with van der Waals surface area (Å²) in [6.07, 6.45) is 2.00. The largest absolute Gasteiger partial charge is 0.378 e. The molecule has 0 radical (unpaired) electrons. The van der Waals surface area contributed by atoms with Crippen LogP contribution in [0.4, 0.5) is 5.82 Å². The van der Waals surface area contributed by atoms with Gasteiger partial charge in [0.2, 0.25) is 5.91 Å². The van der Waals surface area contributed by atoms with Crippen molar-refractivity contribution in [2.24, 2.45) is 5.92 Å². The van der Waals surface area contributed by atoms with Crippen LogP contribution in [0.15, 0.2) is 6.07 Å². The zero-order valence-corrected chi connectivity index (χ0v) is 12.8. The first-order valence-corrected chi connectivity index (χ1v) is 7.82. The van der Waals surface area contributed by atoms with E-state index in [4.69, 9.17) is 4.74 Å². The van der Waals surface area contributed by atoms with Crippen molar-refractivity contribution < 1.29 is 9.53 Å². The zero-order valence-electron chi connectivity index (χ0n) is 12.8. The van der Waals surface area contributed by atoms with Crippen LogP contribution >= 0.6 is 0 Å². The van der Waals surface area contributed by atoms with Crippen molar-refractivity contribution >= 4 is 11.7 Å². The predicted molar refractivity (Wildman–Crippen MR) is 80.3 cm³/mol. The molecule has 0 aromatic carbocycles. The number of carbonyl (C=O) groups excluding carboxylic acids is 1. The van der Waals surface area contributed by atoms with E-state index in [0.29, 0.717) is 0 Å². The van der Waals surface area contributed by atoms with E-state index in [1.807, 2.05) is 18.7 Å². The van der Waals surface area contributed by atoms with Gasteiger partial charge in [-0.1, -0.05) is 0 Å². The van der Waals surface area contributed by atoms with Gasteiger partial charge < -0.3 is 14.5 Å². The lowest BCUT2D eigenvalue weighted by molar-refractivity contribution is -0.144. The fraction of sp³-hybridized carbons (Fsp3) is 0.733.